The van der Waals surface area contributed by atoms with Crippen molar-refractivity contribution in [3.05, 3.63) is 53.6 Å². The number of carbonyl (C=O) groups is 1. The molecular formula is C16H16N2O2. The minimum atomic E-state index is -0.0550. The van der Waals surface area contributed by atoms with Crippen LogP contribution in [0, 0.1) is 5.92 Å². The monoisotopic (exact) mass is 268 g/mol. The minimum Gasteiger partial charge on any atom is -0.508 e. The van der Waals surface area contributed by atoms with Gasteiger partial charge in [-0.15, -0.1) is 0 Å². The van der Waals surface area contributed by atoms with Crippen LogP contribution in [0.4, 0.5) is 11.4 Å². The van der Waals surface area contributed by atoms with Crippen LogP contribution in [-0.2, 0) is 17.6 Å². The van der Waals surface area contributed by atoms with E-state index in [2.05, 4.69) is 17.4 Å². The van der Waals surface area contributed by atoms with Crippen molar-refractivity contribution in [1.82, 2.24) is 0 Å². The van der Waals surface area contributed by atoms with Crippen molar-refractivity contribution in [2.24, 2.45) is 5.92 Å². The fourth-order valence-corrected chi connectivity index (χ4v) is 2.64. The van der Waals surface area contributed by atoms with Crippen LogP contribution in [0.2, 0.25) is 0 Å². The number of nitrogens with two attached hydrogens (primary N) is 1. The quantitative estimate of drug-likeness (QED) is 0.578. The second-order valence-corrected chi connectivity index (χ2v) is 5.13. The van der Waals surface area contributed by atoms with Crippen molar-refractivity contribution < 1.29 is 9.90 Å². The number of amides is 1. The number of benzene rings is 2. The average molecular weight is 268 g/mol. The summed E-state index contributed by atoms with van der Waals surface area (Å²) in [6, 6.07) is 12.7. The molecule has 0 radical (unpaired) electrons. The summed E-state index contributed by atoms with van der Waals surface area (Å²) < 4.78 is 0. The third-order valence-electron chi connectivity index (χ3n) is 3.71. The summed E-state index contributed by atoms with van der Waals surface area (Å²) in [7, 11) is 0. The maximum Gasteiger partial charge on any atom is 0.228 e. The molecule has 4 heteroatoms. The van der Waals surface area contributed by atoms with Gasteiger partial charge in [0, 0.05) is 12.0 Å². The molecule has 2 aromatic rings. The Labute approximate surface area is 117 Å². The van der Waals surface area contributed by atoms with Crippen molar-refractivity contribution in [1.29, 1.82) is 0 Å². The Balaban J connectivity index is 1.72. The van der Waals surface area contributed by atoms with Gasteiger partial charge in [-0.25, -0.2) is 0 Å². The summed E-state index contributed by atoms with van der Waals surface area (Å²) >= 11 is 0. The first-order chi connectivity index (χ1) is 9.63. The van der Waals surface area contributed by atoms with E-state index in [1.807, 2.05) is 12.1 Å². The van der Waals surface area contributed by atoms with Crippen molar-refractivity contribution in [3.63, 3.8) is 0 Å². The molecule has 20 heavy (non-hydrogen) atoms. The molecule has 0 bridgehead atoms. The van der Waals surface area contributed by atoms with E-state index in [0.717, 1.165) is 12.8 Å². The Morgan fingerprint density at radius 2 is 1.80 bits per heavy atom. The van der Waals surface area contributed by atoms with Crippen LogP contribution in [0.3, 0.4) is 0 Å². The highest BCUT2D eigenvalue weighted by molar-refractivity contribution is 5.96. The number of hydrogen-bond acceptors (Lipinski definition) is 3. The molecule has 0 saturated carbocycles. The largest absolute Gasteiger partial charge is 0.508 e. The number of phenols is 1. The van der Waals surface area contributed by atoms with Crippen LogP contribution in [0.25, 0.3) is 0 Å². The Kier molecular flexibility index (Phi) is 3.06. The zero-order chi connectivity index (χ0) is 14.1. The van der Waals surface area contributed by atoms with Gasteiger partial charge < -0.3 is 16.2 Å². The molecule has 0 saturated heterocycles. The number of carbonyl (C=O) groups excluding carboxylic acids is 1. The van der Waals surface area contributed by atoms with E-state index >= 15 is 0 Å². The van der Waals surface area contributed by atoms with E-state index in [1.54, 1.807) is 6.07 Å². The molecule has 1 aliphatic rings. The molecule has 0 heterocycles. The van der Waals surface area contributed by atoms with Gasteiger partial charge in [0.1, 0.15) is 5.75 Å². The molecule has 4 nitrogen and oxygen atoms in total. The molecule has 0 aliphatic heterocycles. The van der Waals surface area contributed by atoms with Crippen molar-refractivity contribution in [3.8, 4) is 5.75 Å². The first-order valence-corrected chi connectivity index (χ1v) is 6.59. The molecule has 2 aromatic carbocycles. The lowest BCUT2D eigenvalue weighted by Crippen LogP contribution is -2.23. The maximum absolute atomic E-state index is 12.3. The average Bonchev–Trinajstić information content (AvgIpc) is 2.86. The molecule has 0 aromatic heterocycles. The zero-order valence-electron chi connectivity index (χ0n) is 11.0. The molecule has 0 atom stereocenters. The van der Waals surface area contributed by atoms with E-state index in [-0.39, 0.29) is 17.6 Å². The van der Waals surface area contributed by atoms with E-state index in [1.165, 1.54) is 23.3 Å². The second-order valence-electron chi connectivity index (χ2n) is 5.13. The van der Waals surface area contributed by atoms with Gasteiger partial charge in [-0.2, -0.15) is 0 Å². The predicted octanol–water partition coefficient (Wildman–Crippen LogP) is 2.33. The summed E-state index contributed by atoms with van der Waals surface area (Å²) in [6.45, 7) is 0. The van der Waals surface area contributed by atoms with E-state index in [9.17, 15) is 9.90 Å². The fourth-order valence-electron chi connectivity index (χ4n) is 2.64. The van der Waals surface area contributed by atoms with Crippen LogP contribution in [0.5, 0.6) is 5.75 Å². The Bertz CT molecular complexity index is 642. The number of nitrogens with one attached hydrogen (secondary N) is 1. The Morgan fingerprint density at radius 1 is 1.15 bits per heavy atom. The Morgan fingerprint density at radius 3 is 2.40 bits per heavy atom. The van der Waals surface area contributed by atoms with Crippen molar-refractivity contribution in [2.45, 2.75) is 12.8 Å². The first-order valence-electron chi connectivity index (χ1n) is 6.59. The van der Waals surface area contributed by atoms with Crippen LogP contribution in [0.15, 0.2) is 42.5 Å². The number of aromatic hydroxyl groups is 1. The Hall–Kier alpha value is -2.49. The maximum atomic E-state index is 12.3. The van der Waals surface area contributed by atoms with Gasteiger partial charge in [-0.3, -0.25) is 4.79 Å². The lowest BCUT2D eigenvalue weighted by atomic mass is 10.1. The lowest BCUT2D eigenvalue weighted by Gasteiger charge is -2.12. The summed E-state index contributed by atoms with van der Waals surface area (Å²) in [6.07, 6.45) is 1.53. The van der Waals surface area contributed by atoms with Gasteiger partial charge >= 0.3 is 0 Å². The number of phenolic OH excluding ortho intramolecular Hbond substituents is 1. The van der Waals surface area contributed by atoms with Crippen LogP contribution in [-0.4, -0.2) is 11.0 Å². The van der Waals surface area contributed by atoms with E-state index in [0.29, 0.717) is 11.4 Å². The van der Waals surface area contributed by atoms with Gasteiger partial charge in [0.25, 0.3) is 0 Å². The van der Waals surface area contributed by atoms with Gasteiger partial charge in [-0.1, -0.05) is 24.3 Å². The first kappa shape index (κ1) is 12.5. The summed E-state index contributed by atoms with van der Waals surface area (Å²) in [4.78, 5) is 12.3. The summed E-state index contributed by atoms with van der Waals surface area (Å²) in [5, 5.41) is 12.1. The van der Waals surface area contributed by atoms with E-state index in [4.69, 9.17) is 5.73 Å². The van der Waals surface area contributed by atoms with Crippen molar-refractivity contribution in [2.75, 3.05) is 11.1 Å². The number of nitrogen functional groups attached to an aromatic ring is 1. The second kappa shape index (κ2) is 4.89. The molecule has 0 spiro atoms. The highest BCUT2D eigenvalue weighted by atomic mass is 16.3. The molecule has 1 aliphatic carbocycles. The fraction of sp³-hybridized carbons (Fsp3) is 0.188. The molecular weight excluding hydrogens is 252 g/mol. The predicted molar refractivity (Wildman–Crippen MR) is 78.5 cm³/mol. The van der Waals surface area contributed by atoms with Crippen molar-refractivity contribution >= 4 is 17.3 Å². The third kappa shape index (κ3) is 2.32. The molecule has 3 rings (SSSR count). The molecule has 102 valence electrons. The number of rotatable bonds is 2. The normalized spacial score (nSPS) is 14.0. The SMILES string of the molecule is Nc1cc(O)ccc1NC(=O)C1Cc2ccccc2C1. The van der Waals surface area contributed by atoms with Crippen LogP contribution < -0.4 is 11.1 Å². The molecule has 4 N–H and O–H groups in total. The lowest BCUT2D eigenvalue weighted by molar-refractivity contribution is -0.119. The minimum absolute atomic E-state index is 0.0291. The molecule has 0 fully saturated rings. The van der Waals surface area contributed by atoms with Crippen LogP contribution >= 0.6 is 0 Å². The van der Waals surface area contributed by atoms with Gasteiger partial charge in [-0.05, 0) is 36.1 Å². The summed E-state index contributed by atoms with van der Waals surface area (Å²) in [5.74, 6) is 0.00737. The van der Waals surface area contributed by atoms with E-state index < -0.39 is 0 Å². The number of hydrogen-bond donors (Lipinski definition) is 3. The smallest absolute Gasteiger partial charge is 0.228 e. The zero-order valence-corrected chi connectivity index (χ0v) is 11.0. The van der Waals surface area contributed by atoms with Gasteiger partial charge in [0.2, 0.25) is 5.91 Å². The van der Waals surface area contributed by atoms with Gasteiger partial charge in [0.15, 0.2) is 0 Å². The standard InChI is InChI=1S/C16H16N2O2/c17-14-9-13(19)5-6-15(14)18-16(20)12-7-10-3-1-2-4-11(10)8-12/h1-6,9,12,19H,7-8,17H2,(H,18,20). The third-order valence-corrected chi connectivity index (χ3v) is 3.71. The highest BCUT2D eigenvalue weighted by Crippen LogP contribution is 2.29. The molecule has 1 amide bonds. The van der Waals surface area contributed by atoms with Gasteiger partial charge in [0.05, 0.1) is 11.4 Å². The van der Waals surface area contributed by atoms with Crippen LogP contribution in [0.1, 0.15) is 11.1 Å². The summed E-state index contributed by atoms with van der Waals surface area (Å²) in [5.41, 5.74) is 9.18. The number of anilines is 2. The topological polar surface area (TPSA) is 75.3 Å². The molecule has 0 unspecified atom stereocenters. The highest BCUT2D eigenvalue weighted by Gasteiger charge is 2.27. The number of fused-ring (bicyclic) bond motifs is 1.